The van der Waals surface area contributed by atoms with Crippen LogP contribution in [0.1, 0.15) is 17.5 Å². The van der Waals surface area contributed by atoms with Gasteiger partial charge in [0, 0.05) is 17.0 Å². The highest BCUT2D eigenvalue weighted by atomic mass is 35.5. The minimum absolute atomic E-state index is 0.126. The van der Waals surface area contributed by atoms with Gasteiger partial charge in [0.05, 0.1) is 5.69 Å². The molecule has 2 aromatic carbocycles. The molecule has 0 radical (unpaired) electrons. The van der Waals surface area contributed by atoms with Crippen LogP contribution in [0.5, 0.6) is 0 Å². The molecule has 1 aliphatic heterocycles. The molecule has 1 N–H and O–H groups in total. The molecule has 2 heterocycles. The van der Waals surface area contributed by atoms with Crippen molar-refractivity contribution in [2.24, 2.45) is 0 Å². The number of aromatic nitrogens is 3. The molecule has 0 aliphatic carbocycles. The molecular weight excluding hydrogens is 396 g/mol. The lowest BCUT2D eigenvalue weighted by Crippen LogP contribution is -2.31. The van der Waals surface area contributed by atoms with Gasteiger partial charge in [-0.3, -0.25) is 14.7 Å². The number of nitrogens with one attached hydrogen (secondary N) is 1. The normalized spacial score (nSPS) is 16.8. The summed E-state index contributed by atoms with van der Waals surface area (Å²) in [5.41, 5.74) is 3.48. The first-order chi connectivity index (χ1) is 13.4. The summed E-state index contributed by atoms with van der Waals surface area (Å²) < 4.78 is 0. The Kier molecular flexibility index (Phi) is 4.95. The fourth-order valence-electron chi connectivity index (χ4n) is 3.21. The van der Waals surface area contributed by atoms with Gasteiger partial charge in [0.2, 0.25) is 17.0 Å². The van der Waals surface area contributed by atoms with Gasteiger partial charge in [-0.25, -0.2) is 9.88 Å². The number of aryl methyl sites for hydroxylation is 2. The van der Waals surface area contributed by atoms with Gasteiger partial charge in [0.15, 0.2) is 5.82 Å². The van der Waals surface area contributed by atoms with Gasteiger partial charge in [-0.2, -0.15) is 0 Å². The van der Waals surface area contributed by atoms with Crippen molar-refractivity contribution in [2.45, 2.75) is 30.7 Å². The summed E-state index contributed by atoms with van der Waals surface area (Å²) in [4.78, 5) is 31.1. The molecule has 4 rings (SSSR count). The average Bonchev–Trinajstić information content (AvgIpc) is 3.20. The molecule has 142 valence electrons. The number of anilines is 1. The zero-order valence-corrected chi connectivity index (χ0v) is 16.8. The van der Waals surface area contributed by atoms with E-state index in [1.165, 1.54) is 16.7 Å². The Bertz CT molecular complexity index is 1040. The SMILES string of the molecule is Cc1cc(C)cc(N2C(=O)CC(Sc3n[nH]c(-c4ccc(Cl)cc4)n3)C2=O)c1. The molecule has 6 nitrogen and oxygen atoms in total. The van der Waals surface area contributed by atoms with Gasteiger partial charge < -0.3 is 0 Å². The molecule has 3 aromatic rings. The van der Waals surface area contributed by atoms with Crippen LogP contribution in [0.25, 0.3) is 11.4 Å². The van der Waals surface area contributed by atoms with Crippen LogP contribution in [0, 0.1) is 13.8 Å². The molecule has 0 spiro atoms. The highest BCUT2D eigenvalue weighted by Gasteiger charge is 2.41. The van der Waals surface area contributed by atoms with Crippen LogP contribution in [-0.4, -0.2) is 32.2 Å². The van der Waals surface area contributed by atoms with Crippen LogP contribution >= 0.6 is 23.4 Å². The Morgan fingerprint density at radius 3 is 2.46 bits per heavy atom. The van der Waals surface area contributed by atoms with Gasteiger partial charge in [-0.15, -0.1) is 5.10 Å². The van der Waals surface area contributed by atoms with Gasteiger partial charge in [-0.05, 0) is 61.4 Å². The molecule has 1 aliphatic rings. The van der Waals surface area contributed by atoms with E-state index in [4.69, 9.17) is 11.6 Å². The van der Waals surface area contributed by atoms with E-state index >= 15 is 0 Å². The zero-order valence-electron chi connectivity index (χ0n) is 15.3. The van der Waals surface area contributed by atoms with Crippen LogP contribution < -0.4 is 4.90 Å². The third kappa shape index (κ3) is 3.68. The maximum Gasteiger partial charge on any atom is 0.247 e. The fourth-order valence-corrected chi connectivity index (χ4v) is 4.27. The average molecular weight is 413 g/mol. The van der Waals surface area contributed by atoms with Crippen molar-refractivity contribution in [2.75, 3.05) is 4.90 Å². The largest absolute Gasteiger partial charge is 0.274 e. The molecule has 1 saturated heterocycles. The van der Waals surface area contributed by atoms with Crippen molar-refractivity contribution in [1.29, 1.82) is 0 Å². The number of aromatic amines is 1. The number of benzene rings is 2. The Morgan fingerprint density at radius 1 is 1.11 bits per heavy atom. The van der Waals surface area contributed by atoms with E-state index in [0.29, 0.717) is 21.7 Å². The first kappa shape index (κ1) is 18.7. The summed E-state index contributed by atoms with van der Waals surface area (Å²) in [6.07, 6.45) is 0.126. The zero-order chi connectivity index (χ0) is 19.8. The second-order valence-electron chi connectivity index (χ2n) is 6.70. The molecule has 1 atom stereocenters. The van der Waals surface area contributed by atoms with Crippen molar-refractivity contribution >= 4 is 40.9 Å². The molecule has 8 heteroatoms. The predicted molar refractivity (Wildman–Crippen MR) is 109 cm³/mol. The first-order valence-electron chi connectivity index (χ1n) is 8.71. The number of rotatable bonds is 4. The molecule has 1 fully saturated rings. The van der Waals surface area contributed by atoms with Crippen molar-refractivity contribution in [1.82, 2.24) is 15.2 Å². The highest BCUT2D eigenvalue weighted by Crippen LogP contribution is 2.33. The Morgan fingerprint density at radius 2 is 1.79 bits per heavy atom. The lowest BCUT2D eigenvalue weighted by molar-refractivity contribution is -0.121. The number of nitrogens with zero attached hydrogens (tertiary/aromatic N) is 3. The molecule has 2 amide bonds. The monoisotopic (exact) mass is 412 g/mol. The minimum atomic E-state index is -0.540. The number of imide groups is 1. The van der Waals surface area contributed by atoms with E-state index in [1.54, 1.807) is 12.1 Å². The number of thioether (sulfide) groups is 1. The third-order valence-electron chi connectivity index (χ3n) is 4.40. The van der Waals surface area contributed by atoms with Crippen molar-refractivity contribution in [3.8, 4) is 11.4 Å². The van der Waals surface area contributed by atoms with Gasteiger partial charge in [0.25, 0.3) is 0 Å². The number of carbonyl (C=O) groups excluding carboxylic acids is 2. The minimum Gasteiger partial charge on any atom is -0.274 e. The smallest absolute Gasteiger partial charge is 0.247 e. The summed E-state index contributed by atoms with van der Waals surface area (Å²) in [7, 11) is 0. The standard InChI is InChI=1S/C20H17ClN4O2S/c1-11-7-12(2)9-15(8-11)25-17(26)10-16(19(25)27)28-20-22-18(23-24-20)13-3-5-14(21)6-4-13/h3-9,16H,10H2,1-2H3,(H,22,23,24). The second kappa shape index (κ2) is 7.41. The summed E-state index contributed by atoms with van der Waals surface area (Å²) in [5.74, 6) is 0.140. The van der Waals surface area contributed by atoms with Crippen molar-refractivity contribution in [3.05, 3.63) is 58.6 Å². The summed E-state index contributed by atoms with van der Waals surface area (Å²) >= 11 is 7.10. The van der Waals surface area contributed by atoms with Crippen LogP contribution in [0.3, 0.4) is 0 Å². The van der Waals surface area contributed by atoms with Crippen molar-refractivity contribution < 1.29 is 9.59 Å². The van der Waals surface area contributed by atoms with Gasteiger partial charge >= 0.3 is 0 Å². The van der Waals surface area contributed by atoms with E-state index in [9.17, 15) is 9.59 Å². The highest BCUT2D eigenvalue weighted by molar-refractivity contribution is 8.00. The van der Waals surface area contributed by atoms with Crippen LogP contribution in [-0.2, 0) is 9.59 Å². The summed E-state index contributed by atoms with van der Waals surface area (Å²) in [5, 5.41) is 7.57. The number of hydrogen-bond donors (Lipinski definition) is 1. The lowest BCUT2D eigenvalue weighted by Gasteiger charge is -2.16. The van der Waals surface area contributed by atoms with E-state index < -0.39 is 5.25 Å². The van der Waals surface area contributed by atoms with Crippen LogP contribution in [0.2, 0.25) is 5.02 Å². The Labute approximate surface area is 171 Å². The van der Waals surface area contributed by atoms with E-state index in [-0.39, 0.29) is 18.2 Å². The van der Waals surface area contributed by atoms with Crippen LogP contribution in [0.15, 0.2) is 47.6 Å². The third-order valence-corrected chi connectivity index (χ3v) is 5.70. The lowest BCUT2D eigenvalue weighted by atomic mass is 10.1. The van der Waals surface area contributed by atoms with Crippen LogP contribution in [0.4, 0.5) is 5.69 Å². The number of halogens is 1. The molecule has 1 unspecified atom stereocenters. The van der Waals surface area contributed by atoms with E-state index in [1.807, 2.05) is 44.2 Å². The number of H-pyrrole nitrogens is 1. The molecular formula is C20H17ClN4O2S. The van der Waals surface area contributed by atoms with Crippen molar-refractivity contribution in [3.63, 3.8) is 0 Å². The number of hydrogen-bond acceptors (Lipinski definition) is 5. The molecule has 28 heavy (non-hydrogen) atoms. The Balaban J connectivity index is 1.52. The second-order valence-corrected chi connectivity index (χ2v) is 8.30. The fraction of sp³-hybridized carbons (Fsp3) is 0.200. The van der Waals surface area contributed by atoms with E-state index in [2.05, 4.69) is 15.2 Å². The topological polar surface area (TPSA) is 79.0 Å². The maximum atomic E-state index is 12.9. The quantitative estimate of drug-likeness (QED) is 0.650. The summed E-state index contributed by atoms with van der Waals surface area (Å²) in [6.45, 7) is 3.89. The van der Waals surface area contributed by atoms with Gasteiger partial charge in [-0.1, -0.05) is 29.4 Å². The van der Waals surface area contributed by atoms with Gasteiger partial charge in [0.1, 0.15) is 5.25 Å². The van der Waals surface area contributed by atoms with E-state index in [0.717, 1.165) is 16.7 Å². The number of amides is 2. The molecule has 0 bridgehead atoms. The predicted octanol–water partition coefficient (Wildman–Crippen LogP) is 4.17. The molecule has 1 aromatic heterocycles. The number of carbonyl (C=O) groups is 2. The molecule has 0 saturated carbocycles. The summed E-state index contributed by atoms with van der Waals surface area (Å²) in [6, 6.07) is 12.9. The first-order valence-corrected chi connectivity index (χ1v) is 9.96. The Hall–Kier alpha value is -2.64. The maximum absolute atomic E-state index is 12.9.